The molecule has 152 valence electrons. The maximum Gasteiger partial charge on any atom is 0.257 e. The van der Waals surface area contributed by atoms with Gasteiger partial charge in [-0.1, -0.05) is 13.0 Å². The molecule has 1 aromatic heterocycles. The fraction of sp³-hybridized carbons (Fsp3) is 0.429. The number of hydrogen-bond acceptors (Lipinski definition) is 6. The Bertz CT molecular complexity index is 766. The van der Waals surface area contributed by atoms with Crippen molar-refractivity contribution in [1.82, 2.24) is 10.3 Å². The zero-order valence-corrected chi connectivity index (χ0v) is 16.9. The van der Waals surface area contributed by atoms with E-state index in [2.05, 4.69) is 10.3 Å². The van der Waals surface area contributed by atoms with Crippen molar-refractivity contribution in [3.8, 4) is 17.4 Å². The number of rotatable bonds is 11. The second-order valence-electron chi connectivity index (χ2n) is 6.15. The molecule has 2 aromatic rings. The molecule has 7 heteroatoms. The van der Waals surface area contributed by atoms with Crippen molar-refractivity contribution in [2.75, 3.05) is 34.0 Å². The van der Waals surface area contributed by atoms with Gasteiger partial charge in [0.2, 0.25) is 5.88 Å². The van der Waals surface area contributed by atoms with Crippen LogP contribution in [0.1, 0.15) is 42.2 Å². The second-order valence-corrected chi connectivity index (χ2v) is 6.15. The predicted octanol–water partition coefficient (Wildman–Crippen LogP) is 3.40. The number of amides is 1. The van der Waals surface area contributed by atoms with Gasteiger partial charge in [0.05, 0.1) is 26.4 Å². The van der Waals surface area contributed by atoms with Crippen molar-refractivity contribution in [3.05, 3.63) is 47.7 Å². The molecule has 1 atom stereocenters. The Hall–Kier alpha value is -2.80. The van der Waals surface area contributed by atoms with Crippen molar-refractivity contribution in [2.45, 2.75) is 26.3 Å². The summed E-state index contributed by atoms with van der Waals surface area (Å²) in [6.07, 6.45) is 2.50. The van der Waals surface area contributed by atoms with Crippen molar-refractivity contribution >= 4 is 5.91 Å². The molecule has 2 rings (SSSR count). The molecule has 0 aliphatic heterocycles. The third-order valence-electron chi connectivity index (χ3n) is 4.04. The Morgan fingerprint density at radius 2 is 1.93 bits per heavy atom. The summed E-state index contributed by atoms with van der Waals surface area (Å²) >= 11 is 0. The monoisotopic (exact) mass is 388 g/mol. The maximum absolute atomic E-state index is 12.7. The van der Waals surface area contributed by atoms with Gasteiger partial charge in [-0.05, 0) is 43.2 Å². The zero-order valence-electron chi connectivity index (χ0n) is 16.9. The van der Waals surface area contributed by atoms with Gasteiger partial charge >= 0.3 is 0 Å². The molecule has 0 saturated carbocycles. The van der Waals surface area contributed by atoms with Crippen LogP contribution in [-0.4, -0.2) is 44.9 Å². The van der Waals surface area contributed by atoms with Crippen molar-refractivity contribution in [1.29, 1.82) is 0 Å². The molecule has 1 N–H and O–H groups in total. The minimum Gasteiger partial charge on any atom is -0.493 e. The van der Waals surface area contributed by atoms with Crippen LogP contribution in [-0.2, 0) is 4.74 Å². The van der Waals surface area contributed by atoms with E-state index in [-0.39, 0.29) is 17.8 Å². The molecule has 0 fully saturated rings. The first kappa shape index (κ1) is 21.5. The number of ether oxygens (including phenoxy) is 4. The molecule has 1 aromatic carbocycles. The van der Waals surface area contributed by atoms with Crippen LogP contribution in [0, 0.1) is 0 Å². The Balaban J connectivity index is 2.10. The van der Waals surface area contributed by atoms with E-state index >= 15 is 0 Å². The smallest absolute Gasteiger partial charge is 0.257 e. The molecule has 0 radical (unpaired) electrons. The van der Waals surface area contributed by atoms with Crippen molar-refractivity contribution in [2.24, 2.45) is 0 Å². The molecule has 0 aliphatic carbocycles. The standard InChI is InChI=1S/C21H28N2O5/c1-5-11-27-18-9-8-16(14-19(18)26-4)15(2)23-20(24)17-7-6-10-22-21(17)28-13-12-25-3/h6-10,14-15H,5,11-13H2,1-4H3,(H,23,24). The zero-order chi connectivity index (χ0) is 20.4. The van der Waals surface area contributed by atoms with Crippen LogP contribution in [0.15, 0.2) is 36.5 Å². The van der Waals surface area contributed by atoms with Crippen LogP contribution in [0.5, 0.6) is 17.4 Å². The number of pyridine rings is 1. The van der Waals surface area contributed by atoms with Gasteiger partial charge in [0.15, 0.2) is 11.5 Å². The van der Waals surface area contributed by atoms with Crippen LogP contribution < -0.4 is 19.5 Å². The molecular weight excluding hydrogens is 360 g/mol. The van der Waals surface area contributed by atoms with Crippen molar-refractivity contribution < 1.29 is 23.7 Å². The van der Waals surface area contributed by atoms with Crippen LogP contribution in [0.25, 0.3) is 0 Å². The minimum absolute atomic E-state index is 0.242. The van der Waals surface area contributed by atoms with Gasteiger partial charge < -0.3 is 24.3 Å². The van der Waals surface area contributed by atoms with E-state index in [1.807, 2.05) is 32.0 Å². The highest BCUT2D eigenvalue weighted by Gasteiger charge is 2.18. The van der Waals surface area contributed by atoms with Gasteiger partial charge in [-0.3, -0.25) is 4.79 Å². The first-order valence-corrected chi connectivity index (χ1v) is 9.29. The number of carbonyl (C=O) groups excluding carboxylic acids is 1. The SMILES string of the molecule is CCCOc1ccc(C(C)NC(=O)c2cccnc2OCCOC)cc1OC. The van der Waals surface area contributed by atoms with Crippen molar-refractivity contribution in [3.63, 3.8) is 0 Å². The number of nitrogens with one attached hydrogen (secondary N) is 1. The summed E-state index contributed by atoms with van der Waals surface area (Å²) in [6.45, 7) is 5.31. The lowest BCUT2D eigenvalue weighted by atomic mass is 10.1. The minimum atomic E-state index is -0.265. The highest BCUT2D eigenvalue weighted by molar-refractivity contribution is 5.96. The molecule has 1 heterocycles. The van der Waals surface area contributed by atoms with Gasteiger partial charge in [0.1, 0.15) is 12.2 Å². The van der Waals surface area contributed by atoms with E-state index in [0.717, 1.165) is 12.0 Å². The Labute approximate surface area is 166 Å². The average molecular weight is 388 g/mol. The van der Waals surface area contributed by atoms with E-state index in [0.29, 0.717) is 36.9 Å². The highest BCUT2D eigenvalue weighted by atomic mass is 16.5. The lowest BCUT2D eigenvalue weighted by Crippen LogP contribution is -2.27. The van der Waals surface area contributed by atoms with Crippen LogP contribution >= 0.6 is 0 Å². The first-order chi connectivity index (χ1) is 13.6. The van der Waals surface area contributed by atoms with E-state index < -0.39 is 0 Å². The molecule has 28 heavy (non-hydrogen) atoms. The lowest BCUT2D eigenvalue weighted by molar-refractivity contribution is 0.0930. The summed E-state index contributed by atoms with van der Waals surface area (Å²) in [7, 11) is 3.18. The highest BCUT2D eigenvalue weighted by Crippen LogP contribution is 2.30. The topological polar surface area (TPSA) is 78.9 Å². The molecular formula is C21H28N2O5. The van der Waals surface area contributed by atoms with Crippen LogP contribution in [0.4, 0.5) is 0 Å². The van der Waals surface area contributed by atoms with E-state index in [1.165, 1.54) is 0 Å². The first-order valence-electron chi connectivity index (χ1n) is 9.29. The summed E-state index contributed by atoms with van der Waals surface area (Å²) in [5, 5.41) is 2.97. The largest absolute Gasteiger partial charge is 0.493 e. The third-order valence-corrected chi connectivity index (χ3v) is 4.04. The summed E-state index contributed by atoms with van der Waals surface area (Å²) in [5.41, 5.74) is 1.28. The molecule has 0 bridgehead atoms. The van der Waals surface area contributed by atoms with Crippen LogP contribution in [0.2, 0.25) is 0 Å². The maximum atomic E-state index is 12.7. The van der Waals surface area contributed by atoms with Crippen LogP contribution in [0.3, 0.4) is 0 Å². The molecule has 0 aliphatic rings. The van der Waals surface area contributed by atoms with Gasteiger partial charge in [0.25, 0.3) is 5.91 Å². The van der Waals surface area contributed by atoms with Gasteiger partial charge in [-0.15, -0.1) is 0 Å². The number of aromatic nitrogens is 1. The fourth-order valence-electron chi connectivity index (χ4n) is 2.54. The quantitative estimate of drug-likeness (QED) is 0.595. The second kappa shape index (κ2) is 11.1. The van der Waals surface area contributed by atoms with E-state index in [9.17, 15) is 4.79 Å². The molecule has 7 nitrogen and oxygen atoms in total. The Morgan fingerprint density at radius 1 is 1.11 bits per heavy atom. The number of benzene rings is 1. The number of methoxy groups -OCH3 is 2. The van der Waals surface area contributed by atoms with E-state index in [1.54, 1.807) is 32.5 Å². The lowest BCUT2D eigenvalue weighted by Gasteiger charge is -2.18. The Morgan fingerprint density at radius 3 is 2.64 bits per heavy atom. The summed E-state index contributed by atoms with van der Waals surface area (Å²) in [5.74, 6) is 1.34. The Kier molecular flexibility index (Phi) is 8.55. The third kappa shape index (κ3) is 5.85. The van der Waals surface area contributed by atoms with Gasteiger partial charge in [-0.25, -0.2) is 4.98 Å². The van der Waals surface area contributed by atoms with Gasteiger partial charge in [-0.2, -0.15) is 0 Å². The number of carbonyl (C=O) groups is 1. The fourth-order valence-corrected chi connectivity index (χ4v) is 2.54. The van der Waals surface area contributed by atoms with Gasteiger partial charge in [0, 0.05) is 13.3 Å². The number of hydrogen-bond donors (Lipinski definition) is 1. The summed E-state index contributed by atoms with van der Waals surface area (Å²) in [6, 6.07) is 8.78. The molecule has 1 amide bonds. The summed E-state index contributed by atoms with van der Waals surface area (Å²) < 4.78 is 21.6. The molecule has 0 spiro atoms. The number of nitrogens with zero attached hydrogens (tertiary/aromatic N) is 1. The van der Waals surface area contributed by atoms with E-state index in [4.69, 9.17) is 18.9 Å². The normalized spacial score (nSPS) is 11.6. The molecule has 1 unspecified atom stereocenters. The summed E-state index contributed by atoms with van der Waals surface area (Å²) in [4.78, 5) is 16.9. The predicted molar refractivity (Wildman–Crippen MR) is 106 cm³/mol. The average Bonchev–Trinajstić information content (AvgIpc) is 2.72. The molecule has 0 saturated heterocycles.